The zero-order valence-corrected chi connectivity index (χ0v) is 19.7. The molecule has 0 atom stereocenters. The standard InChI is InChI=1S/C20H28IN9O2/c21-16-18(24)29-17(23)15(28-16)19(32)30-20(25)27-10-2-1-4-12-6-8-13(9-7-12)26-11-3-5-14(22)31/h6-9,26H,1-5,10-11H2,(H2,22,31)(H4,23,24,29)(H3,25,27,30,32). The molecule has 1 aromatic heterocycles. The number of anilines is 3. The van der Waals surface area contributed by atoms with E-state index in [1.54, 1.807) is 0 Å². The number of benzene rings is 1. The fraction of sp³-hybridized carbons (Fsp3) is 0.350. The number of aromatic nitrogens is 2. The molecule has 0 aliphatic rings. The van der Waals surface area contributed by atoms with Crippen LogP contribution in [0.3, 0.4) is 0 Å². The van der Waals surface area contributed by atoms with E-state index in [2.05, 4.69) is 38.1 Å². The molecule has 12 heteroatoms. The number of carbonyl (C=O) groups excluding carboxylic acids is 2. The molecule has 2 rings (SSSR count). The summed E-state index contributed by atoms with van der Waals surface area (Å²) in [6, 6.07) is 8.14. The third-order valence-corrected chi connectivity index (χ3v) is 5.23. The first-order valence-corrected chi connectivity index (χ1v) is 11.2. The normalized spacial score (nSPS) is 10.4. The molecule has 1 heterocycles. The molecule has 1 aromatic carbocycles. The van der Waals surface area contributed by atoms with Gasteiger partial charge in [0.05, 0.1) is 0 Å². The van der Waals surface area contributed by atoms with Crippen molar-refractivity contribution in [3.05, 3.63) is 39.2 Å². The first-order valence-electron chi connectivity index (χ1n) is 10.1. The Labute approximate surface area is 200 Å². The highest BCUT2D eigenvalue weighted by Gasteiger charge is 2.16. The zero-order valence-electron chi connectivity index (χ0n) is 17.6. The minimum Gasteiger partial charge on any atom is -0.385 e. The van der Waals surface area contributed by atoms with Crippen LogP contribution in [-0.4, -0.2) is 40.8 Å². The van der Waals surface area contributed by atoms with Gasteiger partial charge in [-0.1, -0.05) is 12.1 Å². The molecule has 0 aliphatic heterocycles. The Kier molecular flexibility index (Phi) is 9.91. The number of unbranched alkanes of at least 4 members (excludes halogenated alkanes) is 1. The third-order valence-electron chi connectivity index (χ3n) is 4.44. The van der Waals surface area contributed by atoms with Gasteiger partial charge in [0.15, 0.2) is 23.3 Å². The van der Waals surface area contributed by atoms with Gasteiger partial charge in [-0.15, -0.1) is 0 Å². The van der Waals surface area contributed by atoms with Crippen molar-refractivity contribution in [2.75, 3.05) is 29.9 Å². The zero-order chi connectivity index (χ0) is 23.5. The number of rotatable bonds is 11. The molecule has 2 amide bonds. The Balaban J connectivity index is 1.64. The van der Waals surface area contributed by atoms with Crippen LogP contribution >= 0.6 is 22.6 Å². The van der Waals surface area contributed by atoms with Gasteiger partial charge in [0.25, 0.3) is 5.91 Å². The van der Waals surface area contributed by atoms with E-state index in [1.807, 2.05) is 34.7 Å². The molecule has 0 radical (unpaired) electrons. The van der Waals surface area contributed by atoms with Crippen molar-refractivity contribution in [1.29, 1.82) is 5.41 Å². The van der Waals surface area contributed by atoms with Gasteiger partial charge in [0.1, 0.15) is 3.70 Å². The Morgan fingerprint density at radius 2 is 1.72 bits per heavy atom. The van der Waals surface area contributed by atoms with E-state index in [9.17, 15) is 9.59 Å². The van der Waals surface area contributed by atoms with E-state index in [4.69, 9.17) is 22.6 Å². The largest absolute Gasteiger partial charge is 0.385 e. The van der Waals surface area contributed by atoms with Gasteiger partial charge < -0.3 is 27.8 Å². The molecule has 0 unspecified atom stereocenters. The molecule has 0 spiro atoms. The molecule has 32 heavy (non-hydrogen) atoms. The maximum absolute atomic E-state index is 12.2. The lowest BCUT2D eigenvalue weighted by atomic mass is 10.1. The smallest absolute Gasteiger partial charge is 0.280 e. The number of guanidine groups is 1. The van der Waals surface area contributed by atoms with Gasteiger partial charge in [-0.2, -0.15) is 0 Å². The highest BCUT2D eigenvalue weighted by Crippen LogP contribution is 2.14. The number of carbonyl (C=O) groups is 2. The fourth-order valence-corrected chi connectivity index (χ4v) is 3.14. The second-order valence-electron chi connectivity index (χ2n) is 7.04. The number of amides is 2. The van der Waals surface area contributed by atoms with Crippen LogP contribution in [-0.2, 0) is 11.2 Å². The van der Waals surface area contributed by atoms with Crippen LogP contribution in [0.25, 0.3) is 0 Å². The summed E-state index contributed by atoms with van der Waals surface area (Å²) in [7, 11) is 0. The van der Waals surface area contributed by atoms with E-state index >= 15 is 0 Å². The lowest BCUT2D eigenvalue weighted by Gasteiger charge is -2.11. The number of hydrogen-bond acceptors (Lipinski definition) is 8. The average Bonchev–Trinajstić information content (AvgIpc) is 2.74. The summed E-state index contributed by atoms with van der Waals surface area (Å²) in [5.74, 6) is -0.965. The van der Waals surface area contributed by atoms with Crippen LogP contribution in [0, 0.1) is 9.11 Å². The molecule has 11 nitrogen and oxygen atoms in total. The summed E-state index contributed by atoms with van der Waals surface area (Å²) in [5, 5.41) is 16.4. The molecule has 0 fully saturated rings. The van der Waals surface area contributed by atoms with Gasteiger partial charge >= 0.3 is 0 Å². The maximum atomic E-state index is 12.2. The van der Waals surface area contributed by atoms with Crippen molar-refractivity contribution in [2.24, 2.45) is 5.73 Å². The van der Waals surface area contributed by atoms with Crippen LogP contribution in [0.1, 0.15) is 41.7 Å². The molecular weight excluding hydrogens is 525 g/mol. The number of nitrogens with zero attached hydrogens (tertiary/aromatic N) is 2. The Morgan fingerprint density at radius 3 is 2.41 bits per heavy atom. The number of aryl methyl sites for hydroxylation is 1. The second-order valence-corrected chi connectivity index (χ2v) is 8.06. The third kappa shape index (κ3) is 8.53. The Bertz CT molecular complexity index is 951. The molecular formula is C20H28IN9O2. The molecule has 0 aliphatic carbocycles. The number of halogens is 1. The van der Waals surface area contributed by atoms with Crippen molar-refractivity contribution in [3.63, 3.8) is 0 Å². The predicted molar refractivity (Wildman–Crippen MR) is 133 cm³/mol. The maximum Gasteiger partial charge on any atom is 0.280 e. The minimum absolute atomic E-state index is 0.0686. The molecule has 0 saturated carbocycles. The summed E-state index contributed by atoms with van der Waals surface area (Å²) in [6.07, 6.45) is 3.74. The van der Waals surface area contributed by atoms with Crippen LogP contribution in [0.4, 0.5) is 17.3 Å². The van der Waals surface area contributed by atoms with Crippen molar-refractivity contribution < 1.29 is 9.59 Å². The van der Waals surface area contributed by atoms with Crippen LogP contribution in [0.2, 0.25) is 0 Å². The summed E-state index contributed by atoms with van der Waals surface area (Å²) in [4.78, 5) is 30.8. The Hall–Kier alpha value is -3.16. The van der Waals surface area contributed by atoms with Crippen molar-refractivity contribution >= 4 is 57.7 Å². The number of hydrogen-bond donors (Lipinski definition) is 7. The van der Waals surface area contributed by atoms with E-state index in [1.165, 1.54) is 5.56 Å². The number of nitrogens with two attached hydrogens (primary N) is 3. The van der Waals surface area contributed by atoms with Crippen LogP contribution in [0.5, 0.6) is 0 Å². The Morgan fingerprint density at radius 1 is 1.00 bits per heavy atom. The van der Waals surface area contributed by atoms with Gasteiger partial charge in [-0.25, -0.2) is 9.97 Å². The predicted octanol–water partition coefficient (Wildman–Crippen LogP) is 1.20. The van der Waals surface area contributed by atoms with Crippen molar-refractivity contribution in [1.82, 2.24) is 20.6 Å². The first kappa shape index (κ1) is 25.1. The molecule has 10 N–H and O–H groups in total. The summed E-state index contributed by atoms with van der Waals surface area (Å²) in [6.45, 7) is 1.24. The SMILES string of the molecule is N=C(NCCCCc1ccc(NCCCC(N)=O)cc1)NC(=O)c1nc(I)c(N)nc1N. The summed E-state index contributed by atoms with van der Waals surface area (Å²) < 4.78 is 0.369. The summed E-state index contributed by atoms with van der Waals surface area (Å²) in [5.41, 5.74) is 18.6. The molecule has 2 aromatic rings. The van der Waals surface area contributed by atoms with Gasteiger partial charge in [-0.05, 0) is 66.0 Å². The monoisotopic (exact) mass is 553 g/mol. The number of nitrogens with one attached hydrogen (secondary N) is 4. The van der Waals surface area contributed by atoms with Crippen LogP contribution < -0.4 is 33.2 Å². The molecule has 0 bridgehead atoms. The van der Waals surface area contributed by atoms with E-state index < -0.39 is 5.91 Å². The van der Waals surface area contributed by atoms with Crippen LogP contribution in [0.15, 0.2) is 24.3 Å². The average molecular weight is 553 g/mol. The van der Waals surface area contributed by atoms with E-state index in [0.717, 1.165) is 24.9 Å². The lowest BCUT2D eigenvalue weighted by molar-refractivity contribution is -0.118. The van der Waals surface area contributed by atoms with Crippen molar-refractivity contribution in [2.45, 2.75) is 32.1 Å². The first-order chi connectivity index (χ1) is 15.3. The van der Waals surface area contributed by atoms with Gasteiger partial charge in [-0.3, -0.25) is 20.3 Å². The van der Waals surface area contributed by atoms with Gasteiger partial charge in [0, 0.05) is 25.2 Å². The van der Waals surface area contributed by atoms with E-state index in [0.29, 0.717) is 29.6 Å². The highest BCUT2D eigenvalue weighted by molar-refractivity contribution is 14.1. The van der Waals surface area contributed by atoms with Gasteiger partial charge in [0.2, 0.25) is 5.91 Å². The second kappa shape index (κ2) is 12.6. The highest BCUT2D eigenvalue weighted by atomic mass is 127. The summed E-state index contributed by atoms with van der Waals surface area (Å²) >= 11 is 1.86. The number of nitrogen functional groups attached to an aromatic ring is 2. The molecule has 172 valence electrons. The molecule has 0 saturated heterocycles. The van der Waals surface area contributed by atoms with E-state index in [-0.39, 0.29) is 29.2 Å². The topological polar surface area (TPSA) is 198 Å². The minimum atomic E-state index is -0.617. The fourth-order valence-electron chi connectivity index (χ4n) is 2.78. The quantitative estimate of drug-likeness (QED) is 0.0932. The number of primary amides is 1. The lowest BCUT2D eigenvalue weighted by Crippen LogP contribution is -2.41. The van der Waals surface area contributed by atoms with Crippen molar-refractivity contribution in [3.8, 4) is 0 Å².